The lowest BCUT2D eigenvalue weighted by molar-refractivity contribution is -0.270. The Balaban J connectivity index is 4.01. The lowest BCUT2D eigenvalue weighted by Gasteiger charge is -2.23. The maximum atomic E-state index is 9.14. The fourth-order valence-corrected chi connectivity index (χ4v) is 1.52. The van der Waals surface area contributed by atoms with Gasteiger partial charge < -0.3 is 34.3 Å². The smallest absolute Gasteiger partial charge is 0.163 e. The Hall–Kier alpha value is -0.280. The molecule has 0 saturated heterocycles. The molecule has 7 nitrogen and oxygen atoms in total. The summed E-state index contributed by atoms with van der Waals surface area (Å²) in [4.78, 5) is 0. The van der Waals surface area contributed by atoms with Gasteiger partial charge in [0.05, 0.1) is 0 Å². The fraction of sp³-hybridized carbons (Fsp3) is 1.00. The Labute approximate surface area is 114 Å². The molecule has 0 amide bonds. The van der Waals surface area contributed by atoms with Crippen molar-refractivity contribution in [3.8, 4) is 0 Å². The van der Waals surface area contributed by atoms with Gasteiger partial charge in [-0.1, -0.05) is 0 Å². The summed E-state index contributed by atoms with van der Waals surface area (Å²) in [5.41, 5.74) is 0. The molecular weight excluding hydrogens is 256 g/mol. The predicted molar refractivity (Wildman–Crippen MR) is 66.7 cm³/mol. The zero-order valence-corrected chi connectivity index (χ0v) is 12.0. The van der Waals surface area contributed by atoms with Gasteiger partial charge in [-0.15, -0.1) is 0 Å². The molecule has 0 radical (unpaired) electrons. The lowest BCUT2D eigenvalue weighted by atomic mass is 10.2. The first-order valence-corrected chi connectivity index (χ1v) is 6.38. The van der Waals surface area contributed by atoms with E-state index in [1.165, 1.54) is 27.9 Å². The average molecular weight is 282 g/mol. The van der Waals surface area contributed by atoms with Crippen molar-refractivity contribution in [2.24, 2.45) is 0 Å². The van der Waals surface area contributed by atoms with Crippen molar-refractivity contribution in [1.29, 1.82) is 0 Å². The molecule has 0 aromatic rings. The average Bonchev–Trinajstić information content (AvgIpc) is 2.25. The van der Waals surface area contributed by atoms with Crippen LogP contribution in [0.15, 0.2) is 0 Å². The summed E-state index contributed by atoms with van der Waals surface area (Å²) in [5, 5.41) is 27.4. The highest BCUT2D eigenvalue weighted by molar-refractivity contribution is 4.52. The van der Waals surface area contributed by atoms with E-state index >= 15 is 0 Å². The lowest BCUT2D eigenvalue weighted by Crippen LogP contribution is -2.27. The highest BCUT2D eigenvalue weighted by atomic mass is 16.8. The molecule has 0 rings (SSSR count). The van der Waals surface area contributed by atoms with Gasteiger partial charge in [0.15, 0.2) is 31.5 Å². The molecule has 4 unspecified atom stereocenters. The van der Waals surface area contributed by atoms with E-state index in [4.69, 9.17) is 34.3 Å². The molecule has 116 valence electrons. The van der Waals surface area contributed by atoms with Gasteiger partial charge in [-0.05, 0) is 40.0 Å². The zero-order chi connectivity index (χ0) is 14.8. The van der Waals surface area contributed by atoms with Crippen LogP contribution < -0.4 is 0 Å². The van der Waals surface area contributed by atoms with E-state index in [9.17, 15) is 0 Å². The molecule has 0 heterocycles. The minimum Gasteiger partial charge on any atom is -0.368 e. The molecule has 0 fully saturated rings. The van der Waals surface area contributed by atoms with E-state index in [2.05, 4.69) is 0 Å². The molecule has 0 aliphatic carbocycles. The summed E-state index contributed by atoms with van der Waals surface area (Å²) < 4.78 is 20.3. The second kappa shape index (κ2) is 10.5. The fourth-order valence-electron chi connectivity index (χ4n) is 1.52. The molecule has 3 N–H and O–H groups in total. The van der Waals surface area contributed by atoms with Gasteiger partial charge in [-0.25, -0.2) is 0 Å². The van der Waals surface area contributed by atoms with Crippen LogP contribution in [0, 0.1) is 0 Å². The molecule has 0 spiro atoms. The monoisotopic (exact) mass is 282 g/mol. The number of hydrogen-bond donors (Lipinski definition) is 3. The minimum absolute atomic E-state index is 0.457. The maximum absolute atomic E-state index is 9.14. The number of rotatable bonds is 11. The predicted octanol–water partition coefficient (Wildman–Crippen LogP) is 0.520. The Morgan fingerprint density at radius 2 is 1.11 bits per heavy atom. The van der Waals surface area contributed by atoms with Crippen LogP contribution in [0.3, 0.4) is 0 Å². The first-order chi connectivity index (χ1) is 8.85. The molecule has 0 aliphatic heterocycles. The van der Waals surface area contributed by atoms with E-state index < -0.39 is 31.5 Å². The largest absolute Gasteiger partial charge is 0.368 e. The van der Waals surface area contributed by atoms with Gasteiger partial charge in [0, 0.05) is 7.11 Å². The SMILES string of the molecule is COC(CCCC(OC(C)O)OC(C)O)OC(C)O. The summed E-state index contributed by atoms with van der Waals surface area (Å²) >= 11 is 0. The third-order valence-corrected chi connectivity index (χ3v) is 2.19. The van der Waals surface area contributed by atoms with Gasteiger partial charge in [0.2, 0.25) is 0 Å². The number of methoxy groups -OCH3 is 1. The van der Waals surface area contributed by atoms with E-state index in [0.717, 1.165) is 0 Å². The molecule has 0 saturated carbocycles. The third kappa shape index (κ3) is 11.3. The van der Waals surface area contributed by atoms with Crippen LogP contribution >= 0.6 is 0 Å². The number of ether oxygens (including phenoxy) is 4. The summed E-state index contributed by atoms with van der Waals surface area (Å²) in [6.07, 6.45) is -2.46. The highest BCUT2D eigenvalue weighted by Gasteiger charge is 2.17. The standard InChI is InChI=1S/C12H26O7/c1-8(13)17-11(16-4)6-5-7-12(18-9(2)14)19-10(3)15/h8-15H,5-7H2,1-4H3. The summed E-state index contributed by atoms with van der Waals surface area (Å²) in [5.74, 6) is 0. The minimum atomic E-state index is -0.976. The number of hydrogen-bond acceptors (Lipinski definition) is 7. The number of aliphatic hydroxyl groups is 3. The van der Waals surface area contributed by atoms with Crippen LogP contribution in [0.4, 0.5) is 0 Å². The summed E-state index contributed by atoms with van der Waals surface area (Å²) in [6, 6.07) is 0. The summed E-state index contributed by atoms with van der Waals surface area (Å²) in [6.45, 7) is 4.43. The summed E-state index contributed by atoms with van der Waals surface area (Å²) in [7, 11) is 1.49. The second-order valence-electron chi connectivity index (χ2n) is 4.23. The quantitative estimate of drug-likeness (QED) is 0.475. The van der Waals surface area contributed by atoms with Gasteiger partial charge in [0.1, 0.15) is 0 Å². The van der Waals surface area contributed by atoms with Crippen molar-refractivity contribution in [1.82, 2.24) is 0 Å². The van der Waals surface area contributed by atoms with Crippen LogP contribution in [-0.4, -0.2) is 53.9 Å². The molecule has 0 aliphatic rings. The highest BCUT2D eigenvalue weighted by Crippen LogP contribution is 2.14. The van der Waals surface area contributed by atoms with E-state index in [1.54, 1.807) is 0 Å². The Bertz CT molecular complexity index is 198. The van der Waals surface area contributed by atoms with E-state index in [0.29, 0.717) is 19.3 Å². The van der Waals surface area contributed by atoms with Gasteiger partial charge in [0.25, 0.3) is 0 Å². The van der Waals surface area contributed by atoms with Gasteiger partial charge >= 0.3 is 0 Å². The Morgan fingerprint density at radius 3 is 1.47 bits per heavy atom. The van der Waals surface area contributed by atoms with Crippen LogP contribution in [0.5, 0.6) is 0 Å². The van der Waals surface area contributed by atoms with E-state index in [-0.39, 0.29) is 0 Å². The number of aliphatic hydroxyl groups excluding tert-OH is 3. The third-order valence-electron chi connectivity index (χ3n) is 2.19. The Morgan fingerprint density at radius 1 is 0.737 bits per heavy atom. The maximum Gasteiger partial charge on any atom is 0.163 e. The molecule has 0 aromatic carbocycles. The van der Waals surface area contributed by atoms with Gasteiger partial charge in [-0.3, -0.25) is 0 Å². The van der Waals surface area contributed by atoms with Crippen LogP contribution in [0.1, 0.15) is 40.0 Å². The van der Waals surface area contributed by atoms with Crippen LogP contribution in [0.25, 0.3) is 0 Å². The second-order valence-corrected chi connectivity index (χ2v) is 4.23. The van der Waals surface area contributed by atoms with Crippen molar-refractivity contribution in [2.75, 3.05) is 7.11 Å². The van der Waals surface area contributed by atoms with Crippen LogP contribution in [-0.2, 0) is 18.9 Å². The van der Waals surface area contributed by atoms with Crippen molar-refractivity contribution < 1.29 is 34.3 Å². The van der Waals surface area contributed by atoms with Gasteiger partial charge in [-0.2, -0.15) is 0 Å². The molecular formula is C12H26O7. The topological polar surface area (TPSA) is 97.6 Å². The molecule has 19 heavy (non-hydrogen) atoms. The molecule has 7 heteroatoms. The first-order valence-electron chi connectivity index (χ1n) is 6.38. The molecule has 0 aromatic heterocycles. The van der Waals surface area contributed by atoms with Crippen LogP contribution in [0.2, 0.25) is 0 Å². The normalized spacial score (nSPS) is 19.7. The molecule has 4 atom stereocenters. The van der Waals surface area contributed by atoms with E-state index in [1.807, 2.05) is 0 Å². The van der Waals surface area contributed by atoms with Crippen molar-refractivity contribution in [3.63, 3.8) is 0 Å². The Kier molecular flexibility index (Phi) is 10.3. The van der Waals surface area contributed by atoms with Crippen molar-refractivity contribution in [2.45, 2.75) is 71.5 Å². The van der Waals surface area contributed by atoms with Crippen molar-refractivity contribution in [3.05, 3.63) is 0 Å². The molecule has 0 bridgehead atoms. The zero-order valence-electron chi connectivity index (χ0n) is 12.0. The van der Waals surface area contributed by atoms with Crippen molar-refractivity contribution >= 4 is 0 Å². The first kappa shape index (κ1) is 18.7.